The Balaban J connectivity index is 1.61. The van der Waals surface area contributed by atoms with E-state index < -0.39 is 15.6 Å². The van der Waals surface area contributed by atoms with E-state index in [1.807, 2.05) is 34.3 Å². The van der Waals surface area contributed by atoms with Gasteiger partial charge in [0.2, 0.25) is 10.0 Å². The van der Waals surface area contributed by atoms with Crippen LogP contribution in [-0.2, 0) is 22.0 Å². The number of hydrogen-bond donors (Lipinski definition) is 2. The summed E-state index contributed by atoms with van der Waals surface area (Å²) in [6, 6.07) is 10.3. The molecule has 0 amide bonds. The first-order valence-electron chi connectivity index (χ1n) is 8.03. The Morgan fingerprint density at radius 2 is 2.12 bits per heavy atom. The summed E-state index contributed by atoms with van der Waals surface area (Å²) in [5.41, 5.74) is 0.162. The molecular weight excluding hydrogens is 390 g/mol. The zero-order chi connectivity index (χ0) is 18.2. The quantitative estimate of drug-likeness (QED) is 0.659. The van der Waals surface area contributed by atoms with Crippen molar-refractivity contribution in [3.63, 3.8) is 0 Å². The topological polar surface area (TPSA) is 75.6 Å². The molecule has 4 rings (SSSR count). The maximum Gasteiger partial charge on any atom is 0.240 e. The van der Waals surface area contributed by atoms with Gasteiger partial charge in [-0.1, -0.05) is 6.07 Å². The fourth-order valence-corrected chi connectivity index (χ4v) is 5.64. The van der Waals surface area contributed by atoms with Gasteiger partial charge in [0.25, 0.3) is 0 Å². The van der Waals surface area contributed by atoms with Gasteiger partial charge in [-0.05, 0) is 52.0 Å². The average Bonchev–Trinajstić information content (AvgIpc) is 3.41. The number of fused-ring (bicyclic) bond motifs is 1. The highest BCUT2D eigenvalue weighted by Crippen LogP contribution is 2.34. The Morgan fingerprint density at radius 3 is 2.85 bits per heavy atom. The van der Waals surface area contributed by atoms with Crippen LogP contribution in [0.5, 0.6) is 5.75 Å². The zero-order valence-corrected chi connectivity index (χ0v) is 16.2. The summed E-state index contributed by atoms with van der Waals surface area (Å²) in [5, 5.41) is 16.8. The Morgan fingerprint density at radius 1 is 1.23 bits per heavy atom. The maximum atomic E-state index is 12.8. The summed E-state index contributed by atoms with van der Waals surface area (Å²) in [7, 11) is -3.75. The van der Waals surface area contributed by atoms with Gasteiger partial charge in [0.05, 0.1) is 11.5 Å². The predicted molar refractivity (Wildman–Crippen MR) is 102 cm³/mol. The van der Waals surface area contributed by atoms with E-state index in [-0.39, 0.29) is 11.4 Å². The summed E-state index contributed by atoms with van der Waals surface area (Å²) < 4.78 is 33.5. The zero-order valence-electron chi connectivity index (χ0n) is 13.7. The number of hydrogen-bond acceptors (Lipinski definition) is 6. The van der Waals surface area contributed by atoms with Gasteiger partial charge in [0.15, 0.2) is 0 Å². The molecule has 0 spiro atoms. The molecule has 3 heterocycles. The van der Waals surface area contributed by atoms with E-state index in [1.54, 1.807) is 12.1 Å². The Hall–Kier alpha value is -1.71. The minimum absolute atomic E-state index is 0.139. The summed E-state index contributed by atoms with van der Waals surface area (Å²) >= 11 is 2.85. The SMILES string of the molecule is O=S(=O)(NC[C@@](O)(c1ccsc1)c1cccs1)c1ccc2c(c1)CCO2. The number of thiophene rings is 2. The Labute approximate surface area is 159 Å². The van der Waals surface area contributed by atoms with Crippen LogP contribution in [0.3, 0.4) is 0 Å². The van der Waals surface area contributed by atoms with Crippen molar-refractivity contribution >= 4 is 32.7 Å². The largest absolute Gasteiger partial charge is 0.493 e. The lowest BCUT2D eigenvalue weighted by atomic mass is 9.95. The molecule has 0 saturated carbocycles. The third-order valence-electron chi connectivity index (χ3n) is 4.42. The van der Waals surface area contributed by atoms with Crippen LogP contribution in [0.1, 0.15) is 16.0 Å². The number of benzene rings is 1. The maximum absolute atomic E-state index is 12.8. The lowest BCUT2D eigenvalue weighted by molar-refractivity contribution is 0.0903. The highest BCUT2D eigenvalue weighted by molar-refractivity contribution is 7.89. The molecule has 1 aliphatic rings. The van der Waals surface area contributed by atoms with Crippen LogP contribution in [0.4, 0.5) is 0 Å². The van der Waals surface area contributed by atoms with Crippen LogP contribution in [0.25, 0.3) is 0 Å². The highest BCUT2D eigenvalue weighted by Gasteiger charge is 2.35. The van der Waals surface area contributed by atoms with Gasteiger partial charge in [0, 0.05) is 23.4 Å². The second-order valence-electron chi connectivity index (χ2n) is 6.04. The standard InChI is InChI=1S/C18H17NO4S3/c20-18(14-6-9-24-11-14,17-2-1-8-25-17)12-19-26(21,22)15-3-4-16-13(10-15)5-7-23-16/h1-4,6,8-11,19-20H,5,7,12H2/t18-/m1/s1. The molecule has 5 nitrogen and oxygen atoms in total. The first-order chi connectivity index (χ1) is 12.5. The van der Waals surface area contributed by atoms with Crippen LogP contribution >= 0.6 is 22.7 Å². The number of sulfonamides is 1. The average molecular weight is 408 g/mol. The molecular formula is C18H17NO4S3. The van der Waals surface area contributed by atoms with E-state index in [9.17, 15) is 13.5 Å². The molecule has 0 radical (unpaired) electrons. The third kappa shape index (κ3) is 3.19. The fraction of sp³-hybridized carbons (Fsp3) is 0.222. The van der Waals surface area contributed by atoms with Crippen LogP contribution in [-0.4, -0.2) is 26.7 Å². The predicted octanol–water partition coefficient (Wildman–Crippen LogP) is 2.96. The first kappa shape index (κ1) is 17.7. The van der Waals surface area contributed by atoms with Crippen LogP contribution < -0.4 is 9.46 Å². The minimum Gasteiger partial charge on any atom is -0.493 e. The lowest BCUT2D eigenvalue weighted by Gasteiger charge is -2.27. The van der Waals surface area contributed by atoms with Gasteiger partial charge in [-0.25, -0.2) is 13.1 Å². The molecule has 1 atom stereocenters. The lowest BCUT2D eigenvalue weighted by Crippen LogP contribution is -2.40. The number of ether oxygens (including phenoxy) is 1. The summed E-state index contributed by atoms with van der Waals surface area (Å²) in [4.78, 5) is 0.876. The normalized spacial score (nSPS) is 16.0. The Kier molecular flexibility index (Phi) is 4.62. The van der Waals surface area contributed by atoms with E-state index in [0.717, 1.165) is 11.3 Å². The summed E-state index contributed by atoms with van der Waals surface area (Å²) in [6.45, 7) is 0.433. The summed E-state index contributed by atoms with van der Waals surface area (Å²) in [5.74, 6) is 0.734. The van der Waals surface area contributed by atoms with Gasteiger partial charge in [-0.2, -0.15) is 11.3 Å². The van der Waals surface area contributed by atoms with E-state index in [1.165, 1.54) is 28.7 Å². The molecule has 2 N–H and O–H groups in total. The van der Waals surface area contributed by atoms with Gasteiger partial charge in [0.1, 0.15) is 11.4 Å². The van der Waals surface area contributed by atoms with Crippen LogP contribution in [0, 0.1) is 0 Å². The van der Waals surface area contributed by atoms with Crippen molar-refractivity contribution in [1.29, 1.82) is 0 Å². The molecule has 2 aromatic heterocycles. The molecule has 0 aliphatic carbocycles. The van der Waals surface area contributed by atoms with Gasteiger partial charge >= 0.3 is 0 Å². The molecule has 0 saturated heterocycles. The van der Waals surface area contributed by atoms with Crippen LogP contribution in [0.2, 0.25) is 0 Å². The number of aliphatic hydroxyl groups is 1. The number of rotatable bonds is 6. The first-order valence-corrected chi connectivity index (χ1v) is 11.3. The third-order valence-corrected chi connectivity index (χ3v) is 7.52. The van der Waals surface area contributed by atoms with E-state index in [4.69, 9.17) is 4.74 Å². The minimum atomic E-state index is -3.75. The Bertz CT molecular complexity index is 961. The second-order valence-corrected chi connectivity index (χ2v) is 9.54. The molecule has 1 aliphatic heterocycles. The smallest absolute Gasteiger partial charge is 0.240 e. The molecule has 0 unspecified atom stereocenters. The van der Waals surface area contributed by atoms with Crippen molar-refractivity contribution in [2.75, 3.05) is 13.2 Å². The van der Waals surface area contributed by atoms with Crippen molar-refractivity contribution in [1.82, 2.24) is 4.72 Å². The molecule has 1 aromatic carbocycles. The van der Waals surface area contributed by atoms with Gasteiger partial charge < -0.3 is 9.84 Å². The fourth-order valence-electron chi connectivity index (χ4n) is 2.96. The summed E-state index contributed by atoms with van der Waals surface area (Å²) in [6.07, 6.45) is 0.701. The molecule has 8 heteroatoms. The van der Waals surface area contributed by atoms with Crippen molar-refractivity contribution in [3.8, 4) is 5.75 Å². The molecule has 136 valence electrons. The van der Waals surface area contributed by atoms with Crippen molar-refractivity contribution in [2.24, 2.45) is 0 Å². The molecule has 26 heavy (non-hydrogen) atoms. The van der Waals surface area contributed by atoms with E-state index in [0.29, 0.717) is 23.5 Å². The molecule has 0 bridgehead atoms. The van der Waals surface area contributed by atoms with Crippen molar-refractivity contribution in [3.05, 3.63) is 68.5 Å². The molecule has 3 aromatic rings. The van der Waals surface area contributed by atoms with Crippen molar-refractivity contribution < 1.29 is 18.3 Å². The van der Waals surface area contributed by atoms with Crippen molar-refractivity contribution in [2.45, 2.75) is 16.9 Å². The number of nitrogens with one attached hydrogen (secondary N) is 1. The monoisotopic (exact) mass is 407 g/mol. The second kappa shape index (κ2) is 6.79. The van der Waals surface area contributed by atoms with E-state index >= 15 is 0 Å². The molecule has 0 fully saturated rings. The highest BCUT2D eigenvalue weighted by atomic mass is 32.2. The van der Waals surface area contributed by atoms with E-state index in [2.05, 4.69) is 4.72 Å². The van der Waals surface area contributed by atoms with Gasteiger partial charge in [-0.3, -0.25) is 0 Å². The van der Waals surface area contributed by atoms with Crippen LogP contribution in [0.15, 0.2) is 57.4 Å². The van der Waals surface area contributed by atoms with Gasteiger partial charge in [-0.15, -0.1) is 11.3 Å².